The van der Waals surface area contributed by atoms with E-state index in [-0.39, 0.29) is 44.5 Å². The Hall–Kier alpha value is -3.66. The molecule has 2 saturated carbocycles. The Morgan fingerprint density at radius 3 is 2.27 bits per heavy atom. The zero-order chi connectivity index (χ0) is 32.5. The van der Waals surface area contributed by atoms with E-state index in [1.165, 1.54) is 12.5 Å². The molecule has 45 heavy (non-hydrogen) atoms. The van der Waals surface area contributed by atoms with Crippen molar-refractivity contribution >= 4 is 23.9 Å². The zero-order valence-corrected chi connectivity index (χ0v) is 26.5. The number of amides is 3. The first kappa shape index (κ1) is 35.8. The summed E-state index contributed by atoms with van der Waals surface area (Å²) in [6.45, 7) is 7.32. The van der Waals surface area contributed by atoms with Gasteiger partial charge in [0.25, 0.3) is 0 Å². The third-order valence-corrected chi connectivity index (χ3v) is 8.83. The van der Waals surface area contributed by atoms with Crippen LogP contribution in [0.1, 0.15) is 89.0 Å². The van der Waals surface area contributed by atoms with E-state index in [4.69, 9.17) is 9.47 Å². The van der Waals surface area contributed by atoms with Gasteiger partial charge in [0.1, 0.15) is 19.3 Å². The summed E-state index contributed by atoms with van der Waals surface area (Å²) in [5.74, 6) is -1.51. The maximum absolute atomic E-state index is 13.5. The number of hydrogen-bond donors (Lipinski definition) is 4. The number of aliphatic hydroxyl groups excluding tert-OH is 1. The first-order valence-electron chi connectivity index (χ1n) is 16.4. The predicted molar refractivity (Wildman–Crippen MR) is 172 cm³/mol. The number of carbonyl (C=O) groups excluding carboxylic acids is 4. The number of hydrogen-bond acceptors (Lipinski definition) is 7. The summed E-state index contributed by atoms with van der Waals surface area (Å²) in [6.07, 6.45) is 12.2. The summed E-state index contributed by atoms with van der Waals surface area (Å²) < 4.78 is 10.9. The molecule has 0 radical (unpaired) electrons. The minimum absolute atomic E-state index is 0.0358. The van der Waals surface area contributed by atoms with Gasteiger partial charge in [0, 0.05) is 6.42 Å². The normalized spacial score (nSPS) is 18.1. The van der Waals surface area contributed by atoms with Crippen LogP contribution >= 0.6 is 0 Å². The SMILES string of the molecule is C=CCC(CC(=O)NC1(CO)CCCC1)C(=O)NC(COC(=O)C(CC=C)NC(=O)OCc1ccccc1)CC1CCCCC1. The molecule has 248 valence electrons. The first-order chi connectivity index (χ1) is 21.8. The first-order valence-corrected chi connectivity index (χ1v) is 16.4. The molecule has 3 atom stereocenters. The van der Waals surface area contributed by atoms with E-state index in [9.17, 15) is 24.3 Å². The van der Waals surface area contributed by atoms with Crippen LogP contribution in [-0.2, 0) is 30.5 Å². The summed E-state index contributed by atoms with van der Waals surface area (Å²) in [6, 6.07) is 7.75. The zero-order valence-electron chi connectivity index (χ0n) is 26.5. The summed E-state index contributed by atoms with van der Waals surface area (Å²) in [4.78, 5) is 52.0. The number of carbonyl (C=O) groups is 4. The van der Waals surface area contributed by atoms with Crippen molar-refractivity contribution in [1.82, 2.24) is 16.0 Å². The molecule has 0 spiro atoms. The molecule has 0 bridgehead atoms. The van der Waals surface area contributed by atoms with E-state index in [0.717, 1.165) is 56.9 Å². The van der Waals surface area contributed by atoms with E-state index in [1.807, 2.05) is 30.3 Å². The van der Waals surface area contributed by atoms with E-state index < -0.39 is 35.6 Å². The van der Waals surface area contributed by atoms with Crippen LogP contribution in [0, 0.1) is 11.8 Å². The maximum Gasteiger partial charge on any atom is 0.408 e. The number of alkyl carbamates (subject to hydrolysis) is 1. The monoisotopic (exact) mass is 625 g/mol. The van der Waals surface area contributed by atoms with E-state index >= 15 is 0 Å². The molecule has 0 heterocycles. The molecule has 2 aliphatic carbocycles. The van der Waals surface area contributed by atoms with Gasteiger partial charge in [-0.1, -0.05) is 87.4 Å². The van der Waals surface area contributed by atoms with Gasteiger partial charge in [0.05, 0.1) is 24.1 Å². The Kier molecular flexibility index (Phi) is 15.1. The quantitative estimate of drug-likeness (QED) is 0.135. The number of aliphatic hydroxyl groups is 1. The standard InChI is InChI=1S/C35H51N3O7/c1-3-13-28(22-31(40)38-35(25-39)19-11-12-20-35)32(41)36-29(21-26-15-7-5-8-16-26)24-44-33(42)30(14-4-2)37-34(43)45-23-27-17-9-6-10-18-27/h3-4,6,9-10,17-18,26,28-30,39H,1-2,5,7-8,11-16,19-25H2,(H,36,41)(H,37,43)(H,38,40). The van der Waals surface area contributed by atoms with Crippen molar-refractivity contribution < 1.29 is 33.8 Å². The van der Waals surface area contributed by atoms with Gasteiger partial charge in [-0.05, 0) is 43.6 Å². The molecule has 3 unspecified atom stereocenters. The van der Waals surface area contributed by atoms with Gasteiger partial charge in [-0.2, -0.15) is 0 Å². The van der Waals surface area contributed by atoms with Gasteiger partial charge in [0.15, 0.2) is 0 Å². The number of nitrogens with one attached hydrogen (secondary N) is 3. The number of ether oxygens (including phenoxy) is 2. The molecule has 10 nitrogen and oxygen atoms in total. The molecule has 3 rings (SSSR count). The highest BCUT2D eigenvalue weighted by molar-refractivity contribution is 5.86. The second-order valence-electron chi connectivity index (χ2n) is 12.5. The Balaban J connectivity index is 1.60. The largest absolute Gasteiger partial charge is 0.462 e. The number of rotatable bonds is 18. The molecular formula is C35H51N3O7. The van der Waals surface area contributed by atoms with E-state index in [2.05, 4.69) is 29.1 Å². The van der Waals surface area contributed by atoms with Crippen LogP contribution in [0.5, 0.6) is 0 Å². The van der Waals surface area contributed by atoms with Crippen LogP contribution in [0.3, 0.4) is 0 Å². The number of esters is 1. The van der Waals surface area contributed by atoms with Gasteiger partial charge >= 0.3 is 12.1 Å². The molecule has 0 aliphatic heterocycles. The fraction of sp³-hybridized carbons (Fsp3) is 0.600. The highest BCUT2D eigenvalue weighted by atomic mass is 16.6. The fourth-order valence-corrected chi connectivity index (χ4v) is 6.31. The Bertz CT molecular complexity index is 1110. The van der Waals surface area contributed by atoms with Crippen LogP contribution < -0.4 is 16.0 Å². The summed E-state index contributed by atoms with van der Waals surface area (Å²) in [5.41, 5.74) is 0.198. The van der Waals surface area contributed by atoms with Crippen LogP contribution in [-0.4, -0.2) is 59.8 Å². The fourth-order valence-electron chi connectivity index (χ4n) is 6.31. The van der Waals surface area contributed by atoms with Crippen molar-refractivity contribution in [2.75, 3.05) is 13.2 Å². The van der Waals surface area contributed by atoms with Crippen molar-refractivity contribution in [3.8, 4) is 0 Å². The van der Waals surface area contributed by atoms with Crippen molar-refractivity contribution in [3.05, 3.63) is 61.2 Å². The number of allylic oxidation sites excluding steroid dienone is 1. The van der Waals surface area contributed by atoms with Crippen molar-refractivity contribution in [1.29, 1.82) is 0 Å². The Morgan fingerprint density at radius 2 is 1.62 bits per heavy atom. The van der Waals surface area contributed by atoms with Gasteiger partial charge in [0.2, 0.25) is 11.8 Å². The second kappa shape index (κ2) is 19.0. The van der Waals surface area contributed by atoms with Crippen LogP contribution in [0.25, 0.3) is 0 Å². The lowest BCUT2D eigenvalue weighted by Crippen LogP contribution is -2.50. The lowest BCUT2D eigenvalue weighted by Gasteiger charge is -2.30. The summed E-state index contributed by atoms with van der Waals surface area (Å²) in [7, 11) is 0. The topological polar surface area (TPSA) is 143 Å². The minimum atomic E-state index is -0.997. The van der Waals surface area contributed by atoms with E-state index in [0.29, 0.717) is 18.8 Å². The van der Waals surface area contributed by atoms with Gasteiger partial charge in [-0.15, -0.1) is 13.2 Å². The number of benzene rings is 1. The van der Waals surface area contributed by atoms with Crippen molar-refractivity contribution in [2.24, 2.45) is 11.8 Å². The molecule has 2 fully saturated rings. The van der Waals surface area contributed by atoms with Gasteiger partial charge < -0.3 is 30.5 Å². The molecule has 4 N–H and O–H groups in total. The molecule has 2 aliphatic rings. The van der Waals surface area contributed by atoms with Crippen LogP contribution in [0.4, 0.5) is 4.79 Å². The Labute approximate surface area is 267 Å². The Morgan fingerprint density at radius 1 is 0.933 bits per heavy atom. The summed E-state index contributed by atoms with van der Waals surface area (Å²) >= 11 is 0. The summed E-state index contributed by atoms with van der Waals surface area (Å²) in [5, 5.41) is 18.5. The second-order valence-corrected chi connectivity index (χ2v) is 12.5. The van der Waals surface area contributed by atoms with Crippen LogP contribution in [0.2, 0.25) is 0 Å². The van der Waals surface area contributed by atoms with Gasteiger partial charge in [-0.25, -0.2) is 9.59 Å². The third kappa shape index (κ3) is 12.3. The highest BCUT2D eigenvalue weighted by Crippen LogP contribution is 2.30. The van der Waals surface area contributed by atoms with Crippen molar-refractivity contribution in [2.45, 2.75) is 108 Å². The predicted octanol–water partition coefficient (Wildman–Crippen LogP) is 4.86. The molecule has 10 heteroatoms. The van der Waals surface area contributed by atoms with Gasteiger partial charge in [-0.3, -0.25) is 9.59 Å². The lowest BCUT2D eigenvalue weighted by atomic mass is 9.84. The molecule has 1 aromatic rings. The molecule has 3 amide bonds. The molecule has 0 saturated heterocycles. The lowest BCUT2D eigenvalue weighted by molar-refractivity contribution is -0.147. The minimum Gasteiger partial charge on any atom is -0.462 e. The smallest absolute Gasteiger partial charge is 0.408 e. The average Bonchev–Trinajstić information content (AvgIpc) is 3.51. The molecular weight excluding hydrogens is 574 g/mol. The van der Waals surface area contributed by atoms with Crippen molar-refractivity contribution in [3.63, 3.8) is 0 Å². The molecule has 1 aromatic carbocycles. The third-order valence-electron chi connectivity index (χ3n) is 8.83. The average molecular weight is 626 g/mol. The maximum atomic E-state index is 13.5. The highest BCUT2D eigenvalue weighted by Gasteiger charge is 2.36. The van der Waals surface area contributed by atoms with Crippen LogP contribution in [0.15, 0.2) is 55.6 Å². The van der Waals surface area contributed by atoms with E-state index in [1.54, 1.807) is 6.08 Å². The molecule has 0 aromatic heterocycles.